The Labute approximate surface area is 113 Å². The van der Waals surface area contributed by atoms with Gasteiger partial charge in [-0.05, 0) is 6.54 Å². The number of nitrogens with one attached hydrogen (secondary N) is 3. The van der Waals surface area contributed by atoms with Crippen LogP contribution in [0.1, 0.15) is 6.92 Å². The van der Waals surface area contributed by atoms with Crippen molar-refractivity contribution in [2.75, 3.05) is 52.4 Å². The number of amides is 3. The van der Waals surface area contributed by atoms with Crippen LogP contribution in [0, 0.1) is 0 Å². The van der Waals surface area contributed by atoms with E-state index in [1.165, 1.54) is 0 Å². The molecule has 3 amide bonds. The Morgan fingerprint density at radius 3 is 2.63 bits per heavy atom. The summed E-state index contributed by atoms with van der Waals surface area (Å²) >= 11 is 0. The summed E-state index contributed by atoms with van der Waals surface area (Å²) in [5.41, 5.74) is 0. The van der Waals surface area contributed by atoms with Gasteiger partial charge in [-0.15, -0.1) is 0 Å². The molecule has 3 N–H and O–H groups in total. The third-order valence-corrected chi connectivity index (χ3v) is 3.66. The third-order valence-electron chi connectivity index (χ3n) is 3.66. The Balaban J connectivity index is 1.80. The van der Waals surface area contributed by atoms with Crippen molar-refractivity contribution in [3.63, 3.8) is 0 Å². The van der Waals surface area contributed by atoms with Gasteiger partial charge in [-0.1, -0.05) is 6.92 Å². The molecule has 19 heavy (non-hydrogen) atoms. The van der Waals surface area contributed by atoms with Crippen LogP contribution in [0.3, 0.4) is 0 Å². The molecule has 0 aromatic carbocycles. The molecule has 0 bridgehead atoms. The highest BCUT2D eigenvalue weighted by atomic mass is 16.2. The molecule has 0 saturated carbocycles. The number of carbonyl (C=O) groups is 2. The molecule has 2 saturated heterocycles. The summed E-state index contributed by atoms with van der Waals surface area (Å²) in [6, 6.07) is -0.567. The van der Waals surface area contributed by atoms with Gasteiger partial charge in [-0.2, -0.15) is 0 Å². The molecule has 1 atom stereocenters. The summed E-state index contributed by atoms with van der Waals surface area (Å²) < 4.78 is 0. The van der Waals surface area contributed by atoms with Gasteiger partial charge in [0.15, 0.2) is 0 Å². The number of hydrogen-bond acceptors (Lipinski definition) is 5. The Morgan fingerprint density at radius 1 is 1.21 bits per heavy atom. The number of imide groups is 1. The van der Waals surface area contributed by atoms with Gasteiger partial charge in [0.05, 0.1) is 0 Å². The van der Waals surface area contributed by atoms with Gasteiger partial charge in [0.25, 0.3) is 0 Å². The minimum absolute atomic E-state index is 0.221. The molecular formula is C12H23N5O2. The van der Waals surface area contributed by atoms with Crippen LogP contribution >= 0.6 is 0 Å². The predicted octanol–water partition coefficient (Wildman–Crippen LogP) is -1.58. The zero-order valence-corrected chi connectivity index (χ0v) is 11.4. The molecule has 0 unspecified atom stereocenters. The molecule has 2 rings (SSSR count). The van der Waals surface area contributed by atoms with E-state index in [1.54, 1.807) is 4.90 Å². The molecule has 0 aromatic rings. The second-order valence-electron chi connectivity index (χ2n) is 4.93. The van der Waals surface area contributed by atoms with Gasteiger partial charge in [0.1, 0.15) is 6.04 Å². The molecule has 108 valence electrons. The van der Waals surface area contributed by atoms with E-state index in [0.717, 1.165) is 32.7 Å². The summed E-state index contributed by atoms with van der Waals surface area (Å²) in [5.74, 6) is -0.221. The van der Waals surface area contributed by atoms with Crippen molar-refractivity contribution in [3.8, 4) is 0 Å². The van der Waals surface area contributed by atoms with E-state index in [1.807, 2.05) is 0 Å². The second kappa shape index (κ2) is 6.83. The standard InChI is InChI=1S/C12H23N5O2/c1-2-16-6-5-14-10(9-16)11(18)15-12(19)17-7-3-13-4-8-17/h10,13-14H,2-9H2,1H3,(H,15,18,19)/t10-/m1/s1. The Hall–Kier alpha value is -1.18. The Morgan fingerprint density at radius 2 is 1.95 bits per heavy atom. The number of nitrogens with zero attached hydrogens (tertiary/aromatic N) is 2. The molecule has 2 aliphatic heterocycles. The fourth-order valence-corrected chi connectivity index (χ4v) is 2.41. The minimum atomic E-state index is -0.291. The third kappa shape index (κ3) is 3.89. The summed E-state index contributed by atoms with van der Waals surface area (Å²) in [6.07, 6.45) is 0. The van der Waals surface area contributed by atoms with E-state index in [2.05, 4.69) is 27.8 Å². The average molecular weight is 269 g/mol. The summed E-state index contributed by atoms with van der Waals surface area (Å²) in [6.45, 7) is 8.27. The van der Waals surface area contributed by atoms with Gasteiger partial charge in [0.2, 0.25) is 5.91 Å². The van der Waals surface area contributed by atoms with Crippen molar-refractivity contribution in [2.24, 2.45) is 0 Å². The largest absolute Gasteiger partial charge is 0.324 e. The summed E-state index contributed by atoms with van der Waals surface area (Å²) in [4.78, 5) is 27.9. The lowest BCUT2D eigenvalue weighted by Gasteiger charge is -2.33. The maximum Gasteiger partial charge on any atom is 0.324 e. The van der Waals surface area contributed by atoms with Gasteiger partial charge >= 0.3 is 6.03 Å². The first-order chi connectivity index (χ1) is 9.20. The highest BCUT2D eigenvalue weighted by molar-refractivity contribution is 5.97. The number of likely N-dealkylation sites (N-methyl/N-ethyl adjacent to an activating group) is 1. The van der Waals surface area contributed by atoms with Gasteiger partial charge in [-0.25, -0.2) is 4.79 Å². The number of hydrogen-bond donors (Lipinski definition) is 3. The molecule has 0 aromatic heterocycles. The molecule has 2 heterocycles. The first-order valence-corrected chi connectivity index (χ1v) is 6.97. The van der Waals surface area contributed by atoms with E-state index in [4.69, 9.17) is 0 Å². The fraction of sp³-hybridized carbons (Fsp3) is 0.833. The SMILES string of the molecule is CCN1CCN[C@@H](C(=O)NC(=O)N2CCNCC2)C1. The molecule has 0 aliphatic carbocycles. The van der Waals surface area contributed by atoms with Crippen LogP contribution in [0.25, 0.3) is 0 Å². The maximum absolute atomic E-state index is 12.0. The first-order valence-electron chi connectivity index (χ1n) is 6.97. The van der Waals surface area contributed by atoms with Crippen LogP contribution in [-0.4, -0.2) is 80.1 Å². The lowest BCUT2D eigenvalue weighted by atomic mass is 10.2. The highest BCUT2D eigenvalue weighted by Crippen LogP contribution is 2.00. The maximum atomic E-state index is 12.0. The number of carbonyl (C=O) groups excluding carboxylic acids is 2. The van der Waals surface area contributed by atoms with E-state index < -0.39 is 0 Å². The van der Waals surface area contributed by atoms with Gasteiger partial charge in [0, 0.05) is 45.8 Å². The molecule has 0 radical (unpaired) electrons. The van der Waals surface area contributed by atoms with Crippen molar-refractivity contribution in [1.29, 1.82) is 0 Å². The molecule has 7 nitrogen and oxygen atoms in total. The Bertz CT molecular complexity index is 330. The zero-order valence-electron chi connectivity index (χ0n) is 11.4. The average Bonchev–Trinajstić information content (AvgIpc) is 2.48. The van der Waals surface area contributed by atoms with Gasteiger partial charge in [-0.3, -0.25) is 10.1 Å². The Kier molecular flexibility index (Phi) is 5.12. The highest BCUT2D eigenvalue weighted by Gasteiger charge is 2.27. The molecule has 2 aliphatic rings. The van der Waals surface area contributed by atoms with Crippen molar-refractivity contribution in [3.05, 3.63) is 0 Å². The van der Waals surface area contributed by atoms with Crippen molar-refractivity contribution < 1.29 is 9.59 Å². The summed E-state index contributed by atoms with van der Waals surface area (Å²) in [5, 5.41) is 8.82. The monoisotopic (exact) mass is 269 g/mol. The minimum Gasteiger partial charge on any atom is -0.322 e. The fourth-order valence-electron chi connectivity index (χ4n) is 2.41. The quantitative estimate of drug-likeness (QED) is 0.564. The van der Waals surface area contributed by atoms with Gasteiger partial charge < -0.3 is 20.4 Å². The number of urea groups is 1. The van der Waals surface area contributed by atoms with Crippen LogP contribution in [0.15, 0.2) is 0 Å². The normalized spacial score (nSPS) is 25.1. The predicted molar refractivity (Wildman–Crippen MR) is 71.9 cm³/mol. The lowest BCUT2D eigenvalue weighted by molar-refractivity contribution is -0.123. The molecule has 2 fully saturated rings. The smallest absolute Gasteiger partial charge is 0.322 e. The summed E-state index contributed by atoms with van der Waals surface area (Å²) in [7, 11) is 0. The van der Waals surface area contributed by atoms with Crippen molar-refractivity contribution >= 4 is 11.9 Å². The lowest BCUT2D eigenvalue weighted by Crippen LogP contribution is -2.59. The molecule has 0 spiro atoms. The van der Waals surface area contributed by atoms with Crippen LogP contribution in [0.2, 0.25) is 0 Å². The van der Waals surface area contributed by atoms with Crippen LogP contribution in [0.4, 0.5) is 4.79 Å². The van der Waals surface area contributed by atoms with Crippen molar-refractivity contribution in [1.82, 2.24) is 25.8 Å². The van der Waals surface area contributed by atoms with E-state index >= 15 is 0 Å². The topological polar surface area (TPSA) is 76.7 Å². The van der Waals surface area contributed by atoms with Crippen LogP contribution in [0.5, 0.6) is 0 Å². The van der Waals surface area contributed by atoms with Crippen molar-refractivity contribution in [2.45, 2.75) is 13.0 Å². The van der Waals surface area contributed by atoms with E-state index in [-0.39, 0.29) is 18.0 Å². The van der Waals surface area contributed by atoms with E-state index in [9.17, 15) is 9.59 Å². The second-order valence-corrected chi connectivity index (χ2v) is 4.93. The molecular weight excluding hydrogens is 246 g/mol. The van der Waals surface area contributed by atoms with Crippen LogP contribution in [-0.2, 0) is 4.79 Å². The zero-order chi connectivity index (χ0) is 13.7. The number of rotatable bonds is 2. The van der Waals surface area contributed by atoms with Crippen LogP contribution < -0.4 is 16.0 Å². The molecule has 7 heteroatoms. The number of piperazine rings is 2. The van der Waals surface area contributed by atoms with E-state index in [0.29, 0.717) is 19.6 Å². The first kappa shape index (κ1) is 14.2.